The maximum atomic E-state index is 14.0. The molecule has 190 valence electrons. The summed E-state index contributed by atoms with van der Waals surface area (Å²) in [5.74, 6) is -1.30. The van der Waals surface area contributed by atoms with Crippen molar-refractivity contribution >= 4 is 52.2 Å². The number of rotatable bonds is 8. The lowest BCUT2D eigenvalue weighted by Gasteiger charge is -2.33. The standard InChI is InChI=1S/C25H28ClN5O4S/c1-5-35-17-12-10-16(11-13-17)31(24(34)21-18(27)19(22(28)32)30-36-21)20(23(33)29-25(2,3)4)14-6-8-15(26)9-7-14/h6-13,20H,5,27H2,1-4H3,(H2,28,32)(H,29,33)/t20-/m1/s1. The van der Waals surface area contributed by atoms with Crippen LogP contribution in [0.2, 0.25) is 5.02 Å². The fourth-order valence-corrected chi connectivity index (χ4v) is 4.36. The molecule has 0 aliphatic rings. The first-order valence-electron chi connectivity index (χ1n) is 11.1. The quantitative estimate of drug-likeness (QED) is 0.400. The van der Waals surface area contributed by atoms with Crippen LogP contribution in [0.3, 0.4) is 0 Å². The third-order valence-corrected chi connectivity index (χ3v) is 6.09. The van der Waals surface area contributed by atoms with Crippen LogP contribution in [0.4, 0.5) is 11.4 Å². The van der Waals surface area contributed by atoms with Gasteiger partial charge >= 0.3 is 0 Å². The van der Waals surface area contributed by atoms with Crippen LogP contribution < -0.4 is 26.4 Å². The third kappa shape index (κ3) is 6.13. The highest BCUT2D eigenvalue weighted by atomic mass is 35.5. The second-order valence-electron chi connectivity index (χ2n) is 8.93. The number of hydrogen-bond acceptors (Lipinski definition) is 7. The van der Waals surface area contributed by atoms with Gasteiger partial charge in [0, 0.05) is 16.2 Å². The van der Waals surface area contributed by atoms with E-state index in [9.17, 15) is 14.4 Å². The summed E-state index contributed by atoms with van der Waals surface area (Å²) in [6.07, 6.45) is 0. The predicted molar refractivity (Wildman–Crippen MR) is 142 cm³/mol. The van der Waals surface area contributed by atoms with Gasteiger partial charge in [-0.1, -0.05) is 23.7 Å². The topological polar surface area (TPSA) is 141 Å². The Bertz CT molecular complexity index is 1250. The Balaban J connectivity index is 2.21. The van der Waals surface area contributed by atoms with E-state index in [1.807, 2.05) is 27.7 Å². The largest absolute Gasteiger partial charge is 0.494 e. The number of aromatic nitrogens is 1. The molecule has 0 radical (unpaired) electrons. The Labute approximate surface area is 218 Å². The number of carbonyl (C=O) groups is 3. The van der Waals surface area contributed by atoms with Crippen molar-refractivity contribution in [2.24, 2.45) is 5.73 Å². The van der Waals surface area contributed by atoms with Crippen molar-refractivity contribution in [3.63, 3.8) is 0 Å². The normalized spacial score (nSPS) is 12.0. The maximum Gasteiger partial charge on any atom is 0.273 e. The van der Waals surface area contributed by atoms with Gasteiger partial charge in [0.15, 0.2) is 5.69 Å². The smallest absolute Gasteiger partial charge is 0.273 e. The number of primary amides is 1. The molecule has 0 bridgehead atoms. The average Bonchev–Trinajstić information content (AvgIpc) is 3.19. The second kappa shape index (κ2) is 11.0. The van der Waals surface area contributed by atoms with Crippen LogP contribution in [0.25, 0.3) is 0 Å². The highest BCUT2D eigenvalue weighted by Crippen LogP contribution is 2.34. The molecular formula is C25H28ClN5O4S. The van der Waals surface area contributed by atoms with Gasteiger partial charge in [0.05, 0.1) is 12.3 Å². The van der Waals surface area contributed by atoms with E-state index in [1.165, 1.54) is 4.90 Å². The van der Waals surface area contributed by atoms with Gasteiger partial charge in [-0.3, -0.25) is 19.3 Å². The number of nitrogens with two attached hydrogens (primary N) is 2. The molecule has 2 aromatic carbocycles. The van der Waals surface area contributed by atoms with E-state index in [-0.39, 0.29) is 16.3 Å². The zero-order valence-corrected chi connectivity index (χ0v) is 21.9. The van der Waals surface area contributed by atoms with Crippen molar-refractivity contribution in [3.8, 4) is 5.75 Å². The summed E-state index contributed by atoms with van der Waals surface area (Å²) >= 11 is 6.84. The molecule has 3 aromatic rings. The highest BCUT2D eigenvalue weighted by molar-refractivity contribution is 7.09. The molecule has 0 aliphatic heterocycles. The molecule has 0 aliphatic carbocycles. The van der Waals surface area contributed by atoms with E-state index in [1.54, 1.807) is 48.5 Å². The molecule has 5 N–H and O–H groups in total. The predicted octanol–water partition coefficient (Wildman–Crippen LogP) is 4.18. The molecular weight excluding hydrogens is 502 g/mol. The monoisotopic (exact) mass is 529 g/mol. The number of benzene rings is 2. The molecule has 0 spiro atoms. The summed E-state index contributed by atoms with van der Waals surface area (Å²) in [5.41, 5.74) is 11.4. The second-order valence-corrected chi connectivity index (χ2v) is 10.1. The van der Waals surface area contributed by atoms with Gasteiger partial charge < -0.3 is 21.5 Å². The first-order chi connectivity index (χ1) is 16.9. The summed E-state index contributed by atoms with van der Waals surface area (Å²) in [7, 11) is 0. The lowest BCUT2D eigenvalue weighted by Crippen LogP contribution is -2.49. The van der Waals surface area contributed by atoms with Gasteiger partial charge in [0.2, 0.25) is 5.91 Å². The fraction of sp³-hybridized carbons (Fsp3) is 0.280. The molecule has 0 fully saturated rings. The van der Waals surface area contributed by atoms with Gasteiger partial charge in [0.1, 0.15) is 16.7 Å². The lowest BCUT2D eigenvalue weighted by molar-refractivity contribution is -0.123. The first kappa shape index (κ1) is 27.0. The van der Waals surface area contributed by atoms with E-state index in [0.29, 0.717) is 28.6 Å². The van der Waals surface area contributed by atoms with Crippen LogP contribution >= 0.6 is 23.1 Å². The van der Waals surface area contributed by atoms with Gasteiger partial charge in [-0.05, 0) is 81.2 Å². The van der Waals surface area contributed by atoms with Crippen LogP contribution in [-0.4, -0.2) is 34.2 Å². The van der Waals surface area contributed by atoms with E-state index in [4.69, 9.17) is 27.8 Å². The van der Waals surface area contributed by atoms with Crippen molar-refractivity contribution in [3.05, 3.63) is 69.7 Å². The minimum absolute atomic E-state index is 0.0137. The molecule has 3 amide bonds. The Morgan fingerprint density at radius 1 is 1.11 bits per heavy atom. The van der Waals surface area contributed by atoms with Crippen LogP contribution in [0, 0.1) is 0 Å². The molecule has 0 saturated heterocycles. The van der Waals surface area contributed by atoms with Crippen LogP contribution in [0.1, 0.15) is 59.5 Å². The minimum Gasteiger partial charge on any atom is -0.494 e. The number of halogens is 1. The first-order valence-corrected chi connectivity index (χ1v) is 12.3. The van der Waals surface area contributed by atoms with Gasteiger partial charge in [-0.15, -0.1) is 0 Å². The molecule has 11 heteroatoms. The summed E-state index contributed by atoms with van der Waals surface area (Å²) in [6, 6.07) is 12.3. The van der Waals surface area contributed by atoms with E-state index >= 15 is 0 Å². The number of nitrogens with zero attached hydrogens (tertiary/aromatic N) is 2. The molecule has 1 heterocycles. The number of hydrogen-bond donors (Lipinski definition) is 3. The zero-order valence-electron chi connectivity index (χ0n) is 20.4. The molecule has 1 atom stereocenters. The average molecular weight is 530 g/mol. The van der Waals surface area contributed by atoms with Crippen molar-refractivity contribution in [1.82, 2.24) is 9.69 Å². The van der Waals surface area contributed by atoms with Crippen molar-refractivity contribution in [2.75, 3.05) is 17.2 Å². The number of amides is 3. The minimum atomic E-state index is -1.11. The van der Waals surface area contributed by atoms with Crippen molar-refractivity contribution in [2.45, 2.75) is 39.3 Å². The van der Waals surface area contributed by atoms with Crippen molar-refractivity contribution in [1.29, 1.82) is 0 Å². The maximum absolute atomic E-state index is 14.0. The Kier molecular flexibility index (Phi) is 8.21. The molecule has 0 saturated carbocycles. The van der Waals surface area contributed by atoms with E-state index in [2.05, 4.69) is 9.69 Å². The van der Waals surface area contributed by atoms with E-state index in [0.717, 1.165) is 11.5 Å². The van der Waals surface area contributed by atoms with Crippen LogP contribution in [0.5, 0.6) is 5.75 Å². The number of nitrogens with one attached hydrogen (secondary N) is 1. The molecule has 1 aromatic heterocycles. The summed E-state index contributed by atoms with van der Waals surface area (Å²) in [4.78, 5) is 40.7. The molecule has 3 rings (SSSR count). The Hall–Kier alpha value is -3.63. The summed E-state index contributed by atoms with van der Waals surface area (Å²) in [5, 5.41) is 3.43. The molecule has 36 heavy (non-hydrogen) atoms. The van der Waals surface area contributed by atoms with Crippen LogP contribution in [-0.2, 0) is 4.79 Å². The third-order valence-electron chi connectivity index (χ3n) is 4.99. The van der Waals surface area contributed by atoms with Crippen LogP contribution in [0.15, 0.2) is 48.5 Å². The summed E-state index contributed by atoms with van der Waals surface area (Å²) in [6.45, 7) is 7.85. The Morgan fingerprint density at radius 2 is 1.72 bits per heavy atom. The lowest BCUT2D eigenvalue weighted by atomic mass is 10.0. The van der Waals surface area contributed by atoms with Gasteiger partial charge in [-0.2, -0.15) is 4.37 Å². The zero-order chi connectivity index (χ0) is 26.6. The van der Waals surface area contributed by atoms with E-state index < -0.39 is 29.3 Å². The number of carbonyl (C=O) groups excluding carboxylic acids is 3. The van der Waals surface area contributed by atoms with Crippen molar-refractivity contribution < 1.29 is 19.1 Å². The fourth-order valence-electron chi connectivity index (χ4n) is 3.49. The Morgan fingerprint density at radius 3 is 2.22 bits per heavy atom. The number of ether oxygens (including phenoxy) is 1. The molecule has 9 nitrogen and oxygen atoms in total. The van der Waals surface area contributed by atoms with Gasteiger partial charge in [0.25, 0.3) is 11.8 Å². The SMILES string of the molecule is CCOc1ccc(N(C(=O)c2snc(C(N)=O)c2N)[C@@H](C(=O)NC(C)(C)C)c2ccc(Cl)cc2)cc1. The number of anilines is 2. The molecule has 0 unspecified atom stereocenters. The van der Waals surface area contributed by atoms with Gasteiger partial charge in [-0.25, -0.2) is 0 Å². The number of nitrogen functional groups attached to an aromatic ring is 1. The highest BCUT2D eigenvalue weighted by Gasteiger charge is 2.37. The summed E-state index contributed by atoms with van der Waals surface area (Å²) < 4.78 is 9.48.